The van der Waals surface area contributed by atoms with Gasteiger partial charge in [-0.15, -0.1) is 0 Å². The Morgan fingerprint density at radius 1 is 1.47 bits per heavy atom. The molecule has 0 aliphatic carbocycles. The third kappa shape index (κ3) is 1.89. The average Bonchev–Trinajstić information content (AvgIpc) is 2.71. The zero-order valence-electron chi connectivity index (χ0n) is 7.50. The molecule has 1 aromatic heterocycles. The maximum atomic E-state index is 10.7. The molecule has 6 heteroatoms. The Hall–Kier alpha value is -1.69. The number of imidazole rings is 1. The van der Waals surface area contributed by atoms with Crippen molar-refractivity contribution in [2.24, 2.45) is 0 Å². The Kier molecular flexibility index (Phi) is 2.51. The molecule has 0 spiro atoms. The fourth-order valence-corrected chi connectivity index (χ4v) is 1.60. The standard InChI is InChI=1S/C9H6BrN3O2/c10-8-2-1-7(5-9(8)13(14)15)12-4-3-11-6-12/h1-6H. The van der Waals surface area contributed by atoms with Gasteiger partial charge in [-0.25, -0.2) is 4.98 Å². The van der Waals surface area contributed by atoms with Crippen LogP contribution < -0.4 is 0 Å². The van der Waals surface area contributed by atoms with Gasteiger partial charge < -0.3 is 4.57 Å². The first-order valence-electron chi connectivity index (χ1n) is 4.11. The first kappa shape index (κ1) is 9.85. The molecule has 0 amide bonds. The number of nitro benzene ring substituents is 1. The lowest BCUT2D eigenvalue weighted by Crippen LogP contribution is -1.94. The molecule has 0 fully saturated rings. The van der Waals surface area contributed by atoms with Crippen molar-refractivity contribution < 1.29 is 4.92 Å². The van der Waals surface area contributed by atoms with Gasteiger partial charge in [0.05, 0.1) is 21.4 Å². The van der Waals surface area contributed by atoms with E-state index < -0.39 is 4.92 Å². The van der Waals surface area contributed by atoms with E-state index in [1.165, 1.54) is 6.07 Å². The summed E-state index contributed by atoms with van der Waals surface area (Å²) in [6, 6.07) is 4.91. The van der Waals surface area contributed by atoms with E-state index in [0.29, 0.717) is 10.2 Å². The summed E-state index contributed by atoms with van der Waals surface area (Å²) in [6.45, 7) is 0. The highest BCUT2D eigenvalue weighted by Gasteiger charge is 2.12. The maximum Gasteiger partial charge on any atom is 0.285 e. The predicted octanol–water partition coefficient (Wildman–Crippen LogP) is 2.54. The van der Waals surface area contributed by atoms with E-state index >= 15 is 0 Å². The summed E-state index contributed by atoms with van der Waals surface area (Å²) in [5.41, 5.74) is 0.753. The lowest BCUT2D eigenvalue weighted by atomic mass is 10.3. The second-order valence-corrected chi connectivity index (χ2v) is 3.72. The van der Waals surface area contributed by atoms with Crippen LogP contribution in [0.4, 0.5) is 5.69 Å². The number of nitrogens with zero attached hydrogens (tertiary/aromatic N) is 3. The summed E-state index contributed by atoms with van der Waals surface area (Å²) in [5, 5.41) is 10.7. The van der Waals surface area contributed by atoms with Gasteiger partial charge in [-0.3, -0.25) is 10.1 Å². The number of hydrogen-bond acceptors (Lipinski definition) is 3. The predicted molar refractivity (Wildman–Crippen MR) is 57.9 cm³/mol. The van der Waals surface area contributed by atoms with Crippen molar-refractivity contribution in [3.63, 3.8) is 0 Å². The minimum absolute atomic E-state index is 0.0428. The molecule has 0 N–H and O–H groups in total. The smallest absolute Gasteiger partial charge is 0.285 e. The van der Waals surface area contributed by atoms with Crippen molar-refractivity contribution in [3.05, 3.63) is 51.5 Å². The van der Waals surface area contributed by atoms with Crippen LogP contribution in [0.2, 0.25) is 0 Å². The first-order valence-corrected chi connectivity index (χ1v) is 4.90. The molecule has 0 bridgehead atoms. The summed E-state index contributed by atoms with van der Waals surface area (Å²) < 4.78 is 2.18. The molecule has 0 saturated heterocycles. The van der Waals surface area contributed by atoms with Crippen LogP contribution in [-0.4, -0.2) is 14.5 Å². The van der Waals surface area contributed by atoms with Crippen molar-refractivity contribution in [1.82, 2.24) is 9.55 Å². The van der Waals surface area contributed by atoms with Crippen molar-refractivity contribution >= 4 is 21.6 Å². The number of aromatic nitrogens is 2. The molecule has 2 aromatic rings. The Morgan fingerprint density at radius 3 is 2.87 bits per heavy atom. The molecule has 0 atom stereocenters. The van der Waals surface area contributed by atoms with Crippen molar-refractivity contribution in [2.75, 3.05) is 0 Å². The molecule has 0 aliphatic heterocycles. The Bertz CT molecular complexity index is 496. The fourth-order valence-electron chi connectivity index (χ4n) is 1.21. The molecule has 0 radical (unpaired) electrons. The normalized spacial score (nSPS) is 10.2. The van der Waals surface area contributed by atoms with Gasteiger partial charge in [0.1, 0.15) is 0 Å². The molecule has 2 rings (SSSR count). The number of rotatable bonds is 2. The van der Waals surface area contributed by atoms with Crippen molar-refractivity contribution in [2.45, 2.75) is 0 Å². The van der Waals surface area contributed by atoms with Gasteiger partial charge in [0.15, 0.2) is 0 Å². The van der Waals surface area contributed by atoms with Gasteiger partial charge in [-0.05, 0) is 28.1 Å². The van der Waals surface area contributed by atoms with Crippen molar-refractivity contribution in [1.29, 1.82) is 0 Å². The van der Waals surface area contributed by atoms with Gasteiger partial charge in [0, 0.05) is 18.5 Å². The van der Waals surface area contributed by atoms with Crippen LogP contribution in [0.5, 0.6) is 0 Å². The minimum Gasteiger partial charge on any atom is -0.306 e. The first-order chi connectivity index (χ1) is 7.18. The molecule has 0 unspecified atom stereocenters. The molecule has 76 valence electrons. The van der Waals surface area contributed by atoms with E-state index in [2.05, 4.69) is 20.9 Å². The van der Waals surface area contributed by atoms with Crippen molar-refractivity contribution in [3.8, 4) is 5.69 Å². The number of halogens is 1. The average molecular weight is 268 g/mol. The molecule has 5 nitrogen and oxygen atoms in total. The summed E-state index contributed by atoms with van der Waals surface area (Å²) in [6.07, 6.45) is 4.94. The Morgan fingerprint density at radius 2 is 2.27 bits per heavy atom. The Labute approximate surface area is 93.6 Å². The van der Waals surface area contributed by atoms with E-state index in [1.807, 2.05) is 0 Å². The van der Waals surface area contributed by atoms with Gasteiger partial charge in [-0.1, -0.05) is 0 Å². The third-order valence-corrected chi connectivity index (χ3v) is 2.60. The quantitative estimate of drug-likeness (QED) is 0.621. The lowest BCUT2D eigenvalue weighted by molar-refractivity contribution is -0.385. The van der Waals surface area contributed by atoms with Crippen LogP contribution in [0.15, 0.2) is 41.4 Å². The van der Waals surface area contributed by atoms with E-state index in [4.69, 9.17) is 0 Å². The zero-order chi connectivity index (χ0) is 10.8. The van der Waals surface area contributed by atoms with Crippen LogP contribution in [0.3, 0.4) is 0 Å². The van der Waals surface area contributed by atoms with Crippen LogP contribution >= 0.6 is 15.9 Å². The third-order valence-electron chi connectivity index (χ3n) is 1.93. The van der Waals surface area contributed by atoms with E-state index in [0.717, 1.165) is 0 Å². The highest BCUT2D eigenvalue weighted by molar-refractivity contribution is 9.10. The van der Waals surface area contributed by atoms with Gasteiger partial charge in [-0.2, -0.15) is 0 Å². The summed E-state index contributed by atoms with van der Waals surface area (Å²) in [4.78, 5) is 14.1. The topological polar surface area (TPSA) is 61.0 Å². The molecular weight excluding hydrogens is 262 g/mol. The lowest BCUT2D eigenvalue weighted by Gasteiger charge is -2.02. The molecular formula is C9H6BrN3O2. The highest BCUT2D eigenvalue weighted by Crippen LogP contribution is 2.26. The van der Waals surface area contributed by atoms with Gasteiger partial charge >= 0.3 is 0 Å². The van der Waals surface area contributed by atoms with Crippen LogP contribution in [0.1, 0.15) is 0 Å². The summed E-state index contributed by atoms with van der Waals surface area (Å²) >= 11 is 3.13. The fraction of sp³-hybridized carbons (Fsp3) is 0. The SMILES string of the molecule is O=[N+]([O-])c1cc(-n2ccnc2)ccc1Br. The molecule has 15 heavy (non-hydrogen) atoms. The second kappa shape index (κ2) is 3.82. The summed E-state index contributed by atoms with van der Waals surface area (Å²) in [7, 11) is 0. The number of nitro groups is 1. The minimum atomic E-state index is -0.426. The maximum absolute atomic E-state index is 10.7. The highest BCUT2D eigenvalue weighted by atomic mass is 79.9. The van der Waals surface area contributed by atoms with E-state index in [-0.39, 0.29) is 5.69 Å². The van der Waals surface area contributed by atoms with Crippen LogP contribution in [0.25, 0.3) is 5.69 Å². The molecule has 1 heterocycles. The number of benzene rings is 1. The van der Waals surface area contributed by atoms with E-state index in [1.54, 1.807) is 35.4 Å². The molecule has 0 saturated carbocycles. The Balaban J connectivity index is 2.52. The van der Waals surface area contributed by atoms with Crippen LogP contribution in [-0.2, 0) is 0 Å². The van der Waals surface area contributed by atoms with Gasteiger partial charge in [0.25, 0.3) is 5.69 Å². The van der Waals surface area contributed by atoms with Crippen LogP contribution in [0, 0.1) is 10.1 Å². The van der Waals surface area contributed by atoms with E-state index in [9.17, 15) is 10.1 Å². The monoisotopic (exact) mass is 267 g/mol. The largest absolute Gasteiger partial charge is 0.306 e. The van der Waals surface area contributed by atoms with Gasteiger partial charge in [0.2, 0.25) is 0 Å². The number of hydrogen-bond donors (Lipinski definition) is 0. The molecule has 0 aliphatic rings. The second-order valence-electron chi connectivity index (χ2n) is 2.86. The summed E-state index contributed by atoms with van der Waals surface area (Å²) in [5.74, 6) is 0. The molecule has 1 aromatic carbocycles. The zero-order valence-corrected chi connectivity index (χ0v) is 9.09.